The first kappa shape index (κ1) is 10.8. The Labute approximate surface area is 102 Å². The molecule has 2 aliphatic rings. The highest BCUT2D eigenvalue weighted by Gasteiger charge is 2.31. The molecule has 3 nitrogen and oxygen atoms in total. The molecular formula is C14H18N2O. The predicted octanol–water partition coefficient (Wildman–Crippen LogP) is 2.16. The minimum Gasteiger partial charge on any atom is -0.495 e. The van der Waals surface area contributed by atoms with Gasteiger partial charge in [-0.1, -0.05) is 6.08 Å². The molecule has 90 valence electrons. The molecule has 3 heteroatoms. The number of pyridine rings is 1. The number of allylic oxidation sites excluding steroid dienone is 1. The van der Waals surface area contributed by atoms with Gasteiger partial charge in [0, 0.05) is 18.8 Å². The molecule has 0 bridgehead atoms. The van der Waals surface area contributed by atoms with Gasteiger partial charge in [-0.25, -0.2) is 0 Å². The molecule has 1 saturated heterocycles. The van der Waals surface area contributed by atoms with E-state index in [0.717, 1.165) is 23.8 Å². The van der Waals surface area contributed by atoms with Gasteiger partial charge in [0.1, 0.15) is 5.75 Å². The Kier molecular flexibility index (Phi) is 2.63. The fourth-order valence-electron chi connectivity index (χ4n) is 2.67. The summed E-state index contributed by atoms with van der Waals surface area (Å²) >= 11 is 0. The zero-order valence-corrected chi connectivity index (χ0v) is 10.4. The lowest BCUT2D eigenvalue weighted by Gasteiger charge is -2.40. The van der Waals surface area contributed by atoms with Gasteiger partial charge in [0.25, 0.3) is 0 Å². The highest BCUT2D eigenvalue weighted by Crippen LogP contribution is 2.34. The number of rotatable bonds is 2. The van der Waals surface area contributed by atoms with Gasteiger partial charge in [0.15, 0.2) is 0 Å². The molecule has 0 radical (unpaired) electrons. The molecule has 17 heavy (non-hydrogen) atoms. The van der Waals surface area contributed by atoms with E-state index in [-0.39, 0.29) is 0 Å². The largest absolute Gasteiger partial charge is 0.495 e. The van der Waals surface area contributed by atoms with Gasteiger partial charge >= 0.3 is 0 Å². The third kappa shape index (κ3) is 1.84. The van der Waals surface area contributed by atoms with E-state index in [9.17, 15) is 0 Å². The first-order chi connectivity index (χ1) is 8.28. The average Bonchev–Trinajstić information content (AvgIpc) is 2.32. The van der Waals surface area contributed by atoms with Crippen LogP contribution in [0.25, 0.3) is 5.57 Å². The molecule has 0 spiro atoms. The van der Waals surface area contributed by atoms with Gasteiger partial charge in [0.05, 0.1) is 12.8 Å². The van der Waals surface area contributed by atoms with Crippen LogP contribution < -0.4 is 10.1 Å². The smallest absolute Gasteiger partial charge is 0.140 e. The van der Waals surface area contributed by atoms with E-state index in [1.807, 2.05) is 13.1 Å². The SMILES string of the molecule is COc1cc(C2=C[C@H]3NC[C@H]3CC2)cnc1C. The highest BCUT2D eigenvalue weighted by molar-refractivity contribution is 5.68. The first-order valence-electron chi connectivity index (χ1n) is 6.23. The van der Waals surface area contributed by atoms with Crippen LogP contribution in [0.15, 0.2) is 18.3 Å². The molecule has 1 aromatic heterocycles. The molecule has 1 N–H and O–H groups in total. The normalized spacial score (nSPS) is 26.8. The van der Waals surface area contributed by atoms with Crippen LogP contribution >= 0.6 is 0 Å². The van der Waals surface area contributed by atoms with E-state index < -0.39 is 0 Å². The summed E-state index contributed by atoms with van der Waals surface area (Å²) in [6.07, 6.45) is 6.78. The zero-order valence-electron chi connectivity index (χ0n) is 10.4. The van der Waals surface area contributed by atoms with Gasteiger partial charge in [-0.2, -0.15) is 0 Å². The molecule has 0 amide bonds. The van der Waals surface area contributed by atoms with Crippen molar-refractivity contribution in [1.82, 2.24) is 10.3 Å². The summed E-state index contributed by atoms with van der Waals surface area (Å²) in [5.41, 5.74) is 3.57. The first-order valence-corrected chi connectivity index (χ1v) is 6.23. The van der Waals surface area contributed by atoms with Crippen molar-refractivity contribution in [3.63, 3.8) is 0 Å². The Balaban J connectivity index is 1.91. The molecule has 1 aliphatic carbocycles. The second-order valence-electron chi connectivity index (χ2n) is 4.94. The fourth-order valence-corrected chi connectivity index (χ4v) is 2.67. The number of aromatic nitrogens is 1. The minimum atomic E-state index is 0.589. The van der Waals surface area contributed by atoms with Crippen LogP contribution in [0.2, 0.25) is 0 Å². The van der Waals surface area contributed by atoms with Gasteiger partial charge < -0.3 is 10.1 Å². The number of fused-ring (bicyclic) bond motifs is 1. The molecule has 0 aromatic carbocycles. The summed E-state index contributed by atoms with van der Waals surface area (Å²) in [6, 6.07) is 2.69. The Bertz CT molecular complexity index is 467. The van der Waals surface area contributed by atoms with E-state index in [0.29, 0.717) is 6.04 Å². The summed E-state index contributed by atoms with van der Waals surface area (Å²) in [5, 5.41) is 3.46. The van der Waals surface area contributed by atoms with Crippen molar-refractivity contribution in [2.45, 2.75) is 25.8 Å². The fraction of sp³-hybridized carbons (Fsp3) is 0.500. The second-order valence-corrected chi connectivity index (χ2v) is 4.94. The number of hydrogen-bond donors (Lipinski definition) is 1. The summed E-state index contributed by atoms with van der Waals surface area (Å²) < 4.78 is 5.33. The molecule has 2 atom stereocenters. The maximum Gasteiger partial charge on any atom is 0.140 e. The van der Waals surface area contributed by atoms with Crippen LogP contribution in [-0.4, -0.2) is 24.7 Å². The van der Waals surface area contributed by atoms with Crippen LogP contribution in [0.5, 0.6) is 5.75 Å². The van der Waals surface area contributed by atoms with Gasteiger partial charge in [-0.3, -0.25) is 4.98 Å². The minimum absolute atomic E-state index is 0.589. The van der Waals surface area contributed by atoms with Crippen LogP contribution in [0.1, 0.15) is 24.1 Å². The molecule has 1 fully saturated rings. The Morgan fingerprint density at radius 3 is 3.00 bits per heavy atom. The van der Waals surface area contributed by atoms with Crippen molar-refractivity contribution in [1.29, 1.82) is 0 Å². The molecule has 3 rings (SSSR count). The zero-order chi connectivity index (χ0) is 11.8. The third-order valence-corrected chi connectivity index (χ3v) is 3.92. The van der Waals surface area contributed by atoms with E-state index in [1.165, 1.54) is 24.1 Å². The summed E-state index contributed by atoms with van der Waals surface area (Å²) in [5.74, 6) is 1.74. The van der Waals surface area contributed by atoms with Crippen molar-refractivity contribution >= 4 is 5.57 Å². The number of ether oxygens (including phenoxy) is 1. The van der Waals surface area contributed by atoms with Crippen LogP contribution in [-0.2, 0) is 0 Å². The van der Waals surface area contributed by atoms with E-state index in [2.05, 4.69) is 22.4 Å². The molecule has 0 unspecified atom stereocenters. The van der Waals surface area contributed by atoms with Gasteiger partial charge in [-0.15, -0.1) is 0 Å². The Morgan fingerprint density at radius 1 is 1.47 bits per heavy atom. The van der Waals surface area contributed by atoms with E-state index in [4.69, 9.17) is 4.74 Å². The predicted molar refractivity (Wildman–Crippen MR) is 68.0 cm³/mol. The average molecular weight is 230 g/mol. The van der Waals surface area contributed by atoms with Crippen LogP contribution in [0, 0.1) is 12.8 Å². The van der Waals surface area contributed by atoms with Crippen molar-refractivity contribution in [3.05, 3.63) is 29.6 Å². The number of nitrogens with one attached hydrogen (secondary N) is 1. The summed E-state index contributed by atoms with van der Waals surface area (Å²) in [7, 11) is 1.70. The lowest BCUT2D eigenvalue weighted by molar-refractivity contribution is 0.256. The lowest BCUT2D eigenvalue weighted by Crippen LogP contribution is -2.52. The Morgan fingerprint density at radius 2 is 2.35 bits per heavy atom. The van der Waals surface area contributed by atoms with Crippen LogP contribution in [0.4, 0.5) is 0 Å². The summed E-state index contributed by atoms with van der Waals surface area (Å²) in [4.78, 5) is 4.40. The van der Waals surface area contributed by atoms with Gasteiger partial charge in [0.2, 0.25) is 0 Å². The maximum absolute atomic E-state index is 5.33. The quantitative estimate of drug-likeness (QED) is 0.845. The van der Waals surface area contributed by atoms with Gasteiger partial charge in [-0.05, 0) is 42.9 Å². The number of methoxy groups -OCH3 is 1. The molecule has 1 aliphatic heterocycles. The van der Waals surface area contributed by atoms with Crippen molar-refractivity contribution in [2.24, 2.45) is 5.92 Å². The molecule has 2 heterocycles. The van der Waals surface area contributed by atoms with Crippen LogP contribution in [0.3, 0.4) is 0 Å². The standard InChI is InChI=1S/C14H18N2O/c1-9-14(17-2)6-12(8-15-9)10-3-4-11-7-16-13(11)5-10/h5-6,8,11,13,16H,3-4,7H2,1-2H3/t11-,13-/m1/s1. The van der Waals surface area contributed by atoms with Crippen molar-refractivity contribution < 1.29 is 4.74 Å². The molecule has 0 saturated carbocycles. The summed E-state index contributed by atoms with van der Waals surface area (Å²) in [6.45, 7) is 3.16. The second kappa shape index (κ2) is 4.15. The highest BCUT2D eigenvalue weighted by atomic mass is 16.5. The molecular weight excluding hydrogens is 212 g/mol. The van der Waals surface area contributed by atoms with E-state index >= 15 is 0 Å². The van der Waals surface area contributed by atoms with E-state index in [1.54, 1.807) is 7.11 Å². The topological polar surface area (TPSA) is 34.1 Å². The monoisotopic (exact) mass is 230 g/mol. The lowest BCUT2D eigenvalue weighted by atomic mass is 9.79. The third-order valence-electron chi connectivity index (χ3n) is 3.92. The van der Waals surface area contributed by atoms with Crippen molar-refractivity contribution in [2.75, 3.05) is 13.7 Å². The van der Waals surface area contributed by atoms with Crippen molar-refractivity contribution in [3.8, 4) is 5.75 Å². The molecule has 1 aromatic rings. The maximum atomic E-state index is 5.33. The number of hydrogen-bond acceptors (Lipinski definition) is 3. The Hall–Kier alpha value is -1.35. The number of aryl methyl sites for hydroxylation is 1. The number of nitrogens with zero attached hydrogens (tertiary/aromatic N) is 1.